The van der Waals surface area contributed by atoms with Gasteiger partial charge in [0, 0.05) is 12.1 Å². The first-order valence-electron chi connectivity index (χ1n) is 7.75. The van der Waals surface area contributed by atoms with Crippen LogP contribution in [0.4, 0.5) is 5.82 Å². The number of hydrogen-bond donors (Lipinski definition) is 1. The molecule has 0 saturated carbocycles. The van der Waals surface area contributed by atoms with E-state index in [2.05, 4.69) is 15.3 Å². The van der Waals surface area contributed by atoms with Crippen LogP contribution in [-0.2, 0) is 17.6 Å². The molecule has 0 amide bonds. The number of carbonyl (C=O) groups is 1. The highest BCUT2D eigenvalue weighted by atomic mass is 35.5. The fourth-order valence-electron chi connectivity index (χ4n) is 2.30. The molecule has 7 heteroatoms. The Morgan fingerprint density at radius 3 is 2.67 bits per heavy atom. The molecule has 0 aliphatic carbocycles. The van der Waals surface area contributed by atoms with Gasteiger partial charge in [-0.05, 0) is 37.5 Å². The summed E-state index contributed by atoms with van der Waals surface area (Å²) in [5.74, 6) is 0.222. The van der Waals surface area contributed by atoms with E-state index >= 15 is 0 Å². The maximum atomic E-state index is 12.0. The Morgan fingerprint density at radius 1 is 1.21 bits per heavy atom. The molecule has 2 rings (SSSR count). The number of rotatable bonds is 7. The minimum absolute atomic E-state index is 0.311. The molecular weight excluding hydrogens is 349 g/mol. The van der Waals surface area contributed by atoms with Crippen molar-refractivity contribution in [2.45, 2.75) is 26.7 Å². The number of carbonyl (C=O) groups excluding carboxylic acids is 1. The zero-order chi connectivity index (χ0) is 17.5. The van der Waals surface area contributed by atoms with Crippen molar-refractivity contribution in [3.63, 3.8) is 0 Å². The first-order valence-corrected chi connectivity index (χ1v) is 8.51. The van der Waals surface area contributed by atoms with Crippen molar-refractivity contribution in [3.05, 3.63) is 51.4 Å². The molecule has 2 aromatic rings. The van der Waals surface area contributed by atoms with E-state index in [1.54, 1.807) is 13.0 Å². The van der Waals surface area contributed by atoms with Crippen molar-refractivity contribution in [3.8, 4) is 0 Å². The van der Waals surface area contributed by atoms with Gasteiger partial charge in [-0.1, -0.05) is 36.2 Å². The second-order valence-electron chi connectivity index (χ2n) is 5.05. The van der Waals surface area contributed by atoms with Crippen molar-refractivity contribution in [2.75, 3.05) is 18.5 Å². The molecule has 0 atom stereocenters. The normalized spacial score (nSPS) is 10.5. The van der Waals surface area contributed by atoms with Gasteiger partial charge in [-0.25, -0.2) is 14.8 Å². The number of nitrogens with zero attached hydrogens (tertiary/aromatic N) is 2. The number of hydrogen-bond acceptors (Lipinski definition) is 5. The predicted molar refractivity (Wildman–Crippen MR) is 96.0 cm³/mol. The van der Waals surface area contributed by atoms with Gasteiger partial charge in [-0.15, -0.1) is 0 Å². The molecular formula is C17H19Cl2N3O2. The van der Waals surface area contributed by atoms with E-state index in [0.717, 1.165) is 17.5 Å². The fourth-order valence-corrected chi connectivity index (χ4v) is 2.62. The first kappa shape index (κ1) is 18.5. The molecule has 5 nitrogen and oxygen atoms in total. The molecule has 1 heterocycles. The SMILES string of the molecule is CCOC(=O)c1ncnc(NCCc2ccc(Cl)c(Cl)c2)c1CC. The summed E-state index contributed by atoms with van der Waals surface area (Å²) < 4.78 is 5.04. The highest BCUT2D eigenvalue weighted by Crippen LogP contribution is 2.23. The van der Waals surface area contributed by atoms with Crippen LogP contribution in [0.1, 0.15) is 35.5 Å². The summed E-state index contributed by atoms with van der Waals surface area (Å²) in [5.41, 5.74) is 2.13. The van der Waals surface area contributed by atoms with E-state index < -0.39 is 5.97 Å². The number of halogens is 2. The average molecular weight is 368 g/mol. The number of esters is 1. The standard InChI is InChI=1S/C17H19Cl2N3O2/c1-3-12-15(17(23)24-4-2)21-10-22-16(12)20-8-7-11-5-6-13(18)14(19)9-11/h5-6,9-10H,3-4,7-8H2,1-2H3,(H,20,21,22). The maximum absolute atomic E-state index is 12.0. The number of nitrogens with one attached hydrogen (secondary N) is 1. The van der Waals surface area contributed by atoms with Gasteiger partial charge in [0.25, 0.3) is 0 Å². The summed E-state index contributed by atoms with van der Waals surface area (Å²) >= 11 is 11.9. The third-order valence-corrected chi connectivity index (χ3v) is 4.20. The average Bonchev–Trinajstić information content (AvgIpc) is 2.58. The summed E-state index contributed by atoms with van der Waals surface area (Å²) in [7, 11) is 0. The fraction of sp³-hybridized carbons (Fsp3) is 0.353. The van der Waals surface area contributed by atoms with Crippen LogP contribution in [0.2, 0.25) is 10.0 Å². The minimum atomic E-state index is -0.427. The first-order chi connectivity index (χ1) is 11.6. The monoisotopic (exact) mass is 367 g/mol. The highest BCUT2D eigenvalue weighted by molar-refractivity contribution is 6.42. The smallest absolute Gasteiger partial charge is 0.357 e. The number of aromatic nitrogens is 2. The topological polar surface area (TPSA) is 64.1 Å². The van der Waals surface area contributed by atoms with Crippen LogP contribution in [0.25, 0.3) is 0 Å². The van der Waals surface area contributed by atoms with Gasteiger partial charge in [0.05, 0.1) is 16.7 Å². The van der Waals surface area contributed by atoms with Crippen molar-refractivity contribution >= 4 is 35.0 Å². The second kappa shape index (κ2) is 8.85. The van der Waals surface area contributed by atoms with Crippen LogP contribution < -0.4 is 5.32 Å². The van der Waals surface area contributed by atoms with Crippen LogP contribution in [0.15, 0.2) is 24.5 Å². The van der Waals surface area contributed by atoms with Crippen LogP contribution in [0, 0.1) is 0 Å². The van der Waals surface area contributed by atoms with E-state index in [4.69, 9.17) is 27.9 Å². The van der Waals surface area contributed by atoms with Crippen LogP contribution in [-0.4, -0.2) is 29.1 Å². The Hall–Kier alpha value is -1.85. The molecule has 24 heavy (non-hydrogen) atoms. The highest BCUT2D eigenvalue weighted by Gasteiger charge is 2.17. The lowest BCUT2D eigenvalue weighted by Gasteiger charge is -2.12. The third-order valence-electron chi connectivity index (χ3n) is 3.46. The molecule has 0 spiro atoms. The predicted octanol–water partition coefficient (Wildman–Crippen LogP) is 4.18. The van der Waals surface area contributed by atoms with E-state index in [1.807, 2.05) is 19.1 Å². The Labute approximate surface area is 151 Å². The molecule has 1 N–H and O–H groups in total. The molecule has 128 valence electrons. The van der Waals surface area contributed by atoms with E-state index in [1.165, 1.54) is 6.33 Å². The Balaban J connectivity index is 2.07. The summed E-state index contributed by atoms with van der Waals surface area (Å²) in [6, 6.07) is 5.55. The van der Waals surface area contributed by atoms with Gasteiger partial charge < -0.3 is 10.1 Å². The third kappa shape index (κ3) is 4.58. The lowest BCUT2D eigenvalue weighted by atomic mass is 10.1. The van der Waals surface area contributed by atoms with Crippen molar-refractivity contribution in [1.29, 1.82) is 0 Å². The van der Waals surface area contributed by atoms with E-state index in [0.29, 0.717) is 41.1 Å². The van der Waals surface area contributed by atoms with Crippen LogP contribution in [0.3, 0.4) is 0 Å². The summed E-state index contributed by atoms with van der Waals surface area (Å²) in [6.07, 6.45) is 2.75. The molecule has 0 radical (unpaired) electrons. The largest absolute Gasteiger partial charge is 0.461 e. The van der Waals surface area contributed by atoms with Gasteiger partial charge in [-0.2, -0.15) is 0 Å². The van der Waals surface area contributed by atoms with Crippen molar-refractivity contribution in [1.82, 2.24) is 9.97 Å². The van der Waals surface area contributed by atoms with Gasteiger partial charge in [-0.3, -0.25) is 0 Å². The molecule has 0 bridgehead atoms. The lowest BCUT2D eigenvalue weighted by molar-refractivity contribution is 0.0518. The maximum Gasteiger partial charge on any atom is 0.357 e. The quantitative estimate of drug-likeness (QED) is 0.743. The Bertz CT molecular complexity index is 723. The lowest BCUT2D eigenvalue weighted by Crippen LogP contribution is -2.15. The zero-order valence-electron chi connectivity index (χ0n) is 13.6. The van der Waals surface area contributed by atoms with E-state index in [9.17, 15) is 4.79 Å². The molecule has 0 saturated heterocycles. The van der Waals surface area contributed by atoms with E-state index in [-0.39, 0.29) is 0 Å². The molecule has 1 aromatic carbocycles. The molecule has 0 aliphatic rings. The number of benzene rings is 1. The summed E-state index contributed by atoms with van der Waals surface area (Å²) in [6.45, 7) is 4.67. The van der Waals surface area contributed by atoms with Gasteiger partial charge in [0.2, 0.25) is 0 Å². The Kier molecular flexibility index (Phi) is 6.82. The second-order valence-corrected chi connectivity index (χ2v) is 5.86. The molecule has 0 fully saturated rings. The van der Waals surface area contributed by atoms with Crippen molar-refractivity contribution < 1.29 is 9.53 Å². The van der Waals surface area contributed by atoms with Gasteiger partial charge in [0.1, 0.15) is 12.1 Å². The van der Waals surface area contributed by atoms with Crippen LogP contribution >= 0.6 is 23.2 Å². The summed E-state index contributed by atoms with van der Waals surface area (Å²) in [5, 5.41) is 4.32. The zero-order valence-corrected chi connectivity index (χ0v) is 15.1. The van der Waals surface area contributed by atoms with Crippen molar-refractivity contribution in [2.24, 2.45) is 0 Å². The molecule has 1 aromatic heterocycles. The van der Waals surface area contributed by atoms with Crippen LogP contribution in [0.5, 0.6) is 0 Å². The minimum Gasteiger partial charge on any atom is -0.461 e. The molecule has 0 aliphatic heterocycles. The summed E-state index contributed by atoms with van der Waals surface area (Å²) in [4.78, 5) is 20.3. The number of anilines is 1. The number of ether oxygens (including phenoxy) is 1. The van der Waals surface area contributed by atoms with Gasteiger partial charge >= 0.3 is 5.97 Å². The molecule has 0 unspecified atom stereocenters. The van der Waals surface area contributed by atoms with Gasteiger partial charge in [0.15, 0.2) is 5.69 Å². The Morgan fingerprint density at radius 2 is 2.00 bits per heavy atom.